The lowest BCUT2D eigenvalue weighted by atomic mass is 10.2. The van der Waals surface area contributed by atoms with E-state index in [4.69, 9.17) is 11.6 Å². The van der Waals surface area contributed by atoms with Gasteiger partial charge in [0.15, 0.2) is 10.9 Å². The van der Waals surface area contributed by atoms with Crippen LogP contribution in [-0.2, 0) is 16.4 Å². The van der Waals surface area contributed by atoms with Crippen LogP contribution in [0, 0.1) is 6.92 Å². The van der Waals surface area contributed by atoms with Crippen LogP contribution in [0.4, 0.5) is 10.8 Å². The fourth-order valence-electron chi connectivity index (χ4n) is 3.46. The molecule has 0 atom stereocenters. The van der Waals surface area contributed by atoms with Gasteiger partial charge in [-0.05, 0) is 43.2 Å². The van der Waals surface area contributed by atoms with Gasteiger partial charge in [-0.25, -0.2) is 13.4 Å². The summed E-state index contributed by atoms with van der Waals surface area (Å²) in [5.41, 5.74) is 2.20. The van der Waals surface area contributed by atoms with Crippen LogP contribution in [0.3, 0.4) is 0 Å². The molecule has 1 aromatic heterocycles. The molecule has 0 unspecified atom stereocenters. The number of sulfonamides is 1. The molecular formula is C21H18ClN3O4S2. The third kappa shape index (κ3) is 3.96. The largest absolute Gasteiger partial charge is 0.298 e. The number of benzene rings is 2. The molecule has 31 heavy (non-hydrogen) atoms. The molecule has 4 rings (SSSR count). The van der Waals surface area contributed by atoms with Crippen LogP contribution < -0.4 is 9.62 Å². The number of nitrogens with one attached hydrogen (secondary N) is 1. The zero-order valence-corrected chi connectivity index (χ0v) is 19.1. The minimum absolute atomic E-state index is 0.0323. The van der Waals surface area contributed by atoms with Crippen molar-refractivity contribution in [1.82, 2.24) is 4.98 Å². The Bertz CT molecular complexity index is 1320. The second-order valence-corrected chi connectivity index (χ2v) is 10.3. The van der Waals surface area contributed by atoms with Crippen molar-refractivity contribution >= 4 is 55.5 Å². The van der Waals surface area contributed by atoms with E-state index in [-0.39, 0.29) is 26.4 Å². The fourth-order valence-corrected chi connectivity index (χ4v) is 6.33. The number of thiazole rings is 1. The number of hydrogen-bond acceptors (Lipinski definition) is 6. The van der Waals surface area contributed by atoms with Gasteiger partial charge in [0, 0.05) is 19.0 Å². The van der Waals surface area contributed by atoms with E-state index in [1.54, 1.807) is 19.1 Å². The third-order valence-electron chi connectivity index (χ3n) is 4.94. The molecule has 2 heterocycles. The number of carbonyl (C=O) groups is 2. The number of hydrogen-bond donors (Lipinski definition) is 1. The van der Waals surface area contributed by atoms with E-state index >= 15 is 0 Å². The van der Waals surface area contributed by atoms with Gasteiger partial charge in [-0.1, -0.05) is 41.1 Å². The number of aryl methyl sites for hydroxylation is 1. The fraction of sp³-hybridized carbons (Fsp3) is 0.190. The standard InChI is InChI=1S/C21H18ClN3O4S2/c1-12-19(13(2)26)30-21(23-12)24-20(27)15-7-8-16(22)18(11-15)31(28,29)25-10-9-14-5-3-4-6-17(14)25/h3-8,11H,9-10H2,1-2H3,(H,23,24,27). The van der Waals surface area contributed by atoms with Crippen LogP contribution in [-0.4, -0.2) is 31.6 Å². The molecular weight excluding hydrogens is 458 g/mol. The van der Waals surface area contributed by atoms with Crippen LogP contribution in [0.25, 0.3) is 0 Å². The SMILES string of the molecule is CC(=O)c1sc(NC(=O)c2ccc(Cl)c(S(=O)(=O)N3CCc4ccccc43)c2)nc1C. The molecule has 1 N–H and O–H groups in total. The van der Waals surface area contributed by atoms with Crippen molar-refractivity contribution < 1.29 is 18.0 Å². The molecule has 0 radical (unpaired) electrons. The highest BCUT2D eigenvalue weighted by molar-refractivity contribution is 7.93. The predicted molar refractivity (Wildman–Crippen MR) is 121 cm³/mol. The van der Waals surface area contributed by atoms with Crippen LogP contribution in [0.15, 0.2) is 47.4 Å². The molecule has 1 aliphatic heterocycles. The number of carbonyl (C=O) groups excluding carboxylic acids is 2. The van der Waals surface area contributed by atoms with Crippen molar-refractivity contribution in [1.29, 1.82) is 0 Å². The van der Waals surface area contributed by atoms with Crippen LogP contribution in [0.5, 0.6) is 0 Å². The second kappa shape index (κ2) is 8.07. The Hall–Kier alpha value is -2.75. The quantitative estimate of drug-likeness (QED) is 0.554. The summed E-state index contributed by atoms with van der Waals surface area (Å²) in [7, 11) is -3.96. The average molecular weight is 476 g/mol. The number of para-hydroxylation sites is 1. The summed E-state index contributed by atoms with van der Waals surface area (Å²) in [6.45, 7) is 3.42. The molecule has 1 aliphatic rings. The van der Waals surface area contributed by atoms with Crippen LogP contribution >= 0.6 is 22.9 Å². The maximum Gasteiger partial charge on any atom is 0.265 e. The number of fused-ring (bicyclic) bond motifs is 1. The summed E-state index contributed by atoms with van der Waals surface area (Å²) in [5, 5.41) is 2.92. The lowest BCUT2D eigenvalue weighted by Crippen LogP contribution is -2.29. The lowest BCUT2D eigenvalue weighted by Gasteiger charge is -2.20. The first-order chi connectivity index (χ1) is 14.7. The molecule has 0 aliphatic carbocycles. The smallest absolute Gasteiger partial charge is 0.265 e. The molecule has 2 aromatic carbocycles. The molecule has 0 saturated heterocycles. The van der Waals surface area contributed by atoms with E-state index in [9.17, 15) is 18.0 Å². The zero-order chi connectivity index (χ0) is 22.3. The molecule has 160 valence electrons. The average Bonchev–Trinajstić information content (AvgIpc) is 3.32. The van der Waals surface area contributed by atoms with E-state index in [2.05, 4.69) is 10.3 Å². The van der Waals surface area contributed by atoms with Gasteiger partial charge in [0.1, 0.15) is 4.90 Å². The van der Waals surface area contributed by atoms with Gasteiger partial charge in [-0.2, -0.15) is 0 Å². The summed E-state index contributed by atoms with van der Waals surface area (Å²) >= 11 is 7.30. The first-order valence-corrected chi connectivity index (χ1v) is 12.0. The number of anilines is 2. The monoisotopic (exact) mass is 475 g/mol. The van der Waals surface area contributed by atoms with Gasteiger partial charge in [0.05, 0.1) is 21.3 Å². The van der Waals surface area contributed by atoms with E-state index in [0.717, 1.165) is 16.9 Å². The summed E-state index contributed by atoms with van der Waals surface area (Å²) < 4.78 is 28.0. The van der Waals surface area contributed by atoms with Gasteiger partial charge in [0.25, 0.3) is 15.9 Å². The normalized spacial score (nSPS) is 13.2. The molecule has 1 amide bonds. The Morgan fingerprint density at radius 3 is 2.65 bits per heavy atom. The number of Topliss-reactive ketones (excluding diaryl/α,β-unsaturated/α-hetero) is 1. The van der Waals surface area contributed by atoms with Gasteiger partial charge in [0.2, 0.25) is 0 Å². The molecule has 0 spiro atoms. The maximum atomic E-state index is 13.3. The van der Waals surface area contributed by atoms with Gasteiger partial charge in [-0.15, -0.1) is 0 Å². The second-order valence-electron chi connectivity index (χ2n) is 7.04. The highest BCUT2D eigenvalue weighted by Gasteiger charge is 2.32. The van der Waals surface area contributed by atoms with Crippen molar-refractivity contribution in [2.75, 3.05) is 16.2 Å². The third-order valence-corrected chi connectivity index (χ3v) is 8.41. The molecule has 0 fully saturated rings. The molecule has 0 bridgehead atoms. The molecule has 10 heteroatoms. The van der Waals surface area contributed by atoms with Crippen molar-refractivity contribution in [2.45, 2.75) is 25.2 Å². The van der Waals surface area contributed by atoms with Crippen molar-refractivity contribution in [3.63, 3.8) is 0 Å². The van der Waals surface area contributed by atoms with E-state index in [1.165, 1.54) is 29.4 Å². The van der Waals surface area contributed by atoms with Crippen LogP contribution in [0.2, 0.25) is 5.02 Å². The topological polar surface area (TPSA) is 96.4 Å². The Kier molecular flexibility index (Phi) is 5.59. The minimum Gasteiger partial charge on any atom is -0.298 e. The molecule has 7 nitrogen and oxygen atoms in total. The van der Waals surface area contributed by atoms with Crippen molar-refractivity contribution in [3.05, 3.63) is 69.2 Å². The highest BCUT2D eigenvalue weighted by Crippen LogP contribution is 2.35. The van der Waals surface area contributed by atoms with Gasteiger partial charge in [-0.3, -0.25) is 19.2 Å². The van der Waals surface area contributed by atoms with E-state index < -0.39 is 15.9 Å². The Labute approximate surface area is 188 Å². The first-order valence-electron chi connectivity index (χ1n) is 9.38. The molecule has 3 aromatic rings. The predicted octanol–water partition coefficient (Wildman–Crippen LogP) is 4.31. The Morgan fingerprint density at radius 2 is 1.94 bits per heavy atom. The zero-order valence-electron chi connectivity index (χ0n) is 16.7. The number of rotatable bonds is 5. The summed E-state index contributed by atoms with van der Waals surface area (Å²) in [6, 6.07) is 11.4. The van der Waals surface area contributed by atoms with Crippen molar-refractivity contribution in [3.8, 4) is 0 Å². The lowest BCUT2D eigenvalue weighted by molar-refractivity contribution is 0.101. The van der Waals surface area contributed by atoms with E-state index in [0.29, 0.717) is 29.2 Å². The minimum atomic E-state index is -3.96. The van der Waals surface area contributed by atoms with Gasteiger partial charge < -0.3 is 0 Å². The number of amides is 1. The Morgan fingerprint density at radius 1 is 1.19 bits per heavy atom. The number of nitrogens with zero attached hydrogens (tertiary/aromatic N) is 2. The van der Waals surface area contributed by atoms with E-state index in [1.807, 2.05) is 12.1 Å². The van der Waals surface area contributed by atoms with Gasteiger partial charge >= 0.3 is 0 Å². The maximum absolute atomic E-state index is 13.3. The summed E-state index contributed by atoms with van der Waals surface area (Å²) in [5.74, 6) is -0.681. The highest BCUT2D eigenvalue weighted by atomic mass is 35.5. The number of aromatic nitrogens is 1. The molecule has 0 saturated carbocycles. The number of halogens is 1. The summed E-state index contributed by atoms with van der Waals surface area (Å²) in [6.07, 6.45) is 0.606. The first kappa shape index (κ1) is 21.5. The van der Waals surface area contributed by atoms with Crippen LogP contribution in [0.1, 0.15) is 38.2 Å². The summed E-state index contributed by atoms with van der Waals surface area (Å²) in [4.78, 5) is 28.9. The Balaban J connectivity index is 1.65. The number of ketones is 1. The van der Waals surface area contributed by atoms with Crippen molar-refractivity contribution in [2.24, 2.45) is 0 Å².